The molecule has 5 heteroatoms. The monoisotopic (exact) mass is 339 g/mol. The highest BCUT2D eigenvalue weighted by molar-refractivity contribution is 5.99. The van der Waals surface area contributed by atoms with E-state index >= 15 is 0 Å². The summed E-state index contributed by atoms with van der Waals surface area (Å²) in [6.07, 6.45) is -0.0296. The number of nitrogens with zero attached hydrogens (tertiary/aromatic N) is 1. The molecule has 0 radical (unpaired) electrons. The summed E-state index contributed by atoms with van der Waals surface area (Å²) in [7, 11) is 0. The van der Waals surface area contributed by atoms with Crippen LogP contribution in [0.4, 0.5) is 5.69 Å². The number of anilines is 1. The fourth-order valence-electron chi connectivity index (χ4n) is 2.92. The van der Waals surface area contributed by atoms with Crippen LogP contribution < -0.4 is 9.64 Å². The Bertz CT molecular complexity index is 787. The summed E-state index contributed by atoms with van der Waals surface area (Å²) in [4.78, 5) is 26.2. The van der Waals surface area contributed by atoms with Gasteiger partial charge in [0.05, 0.1) is 0 Å². The SMILES string of the molecule is Cc1ccccc1OCC(=O)O[C@@H](C)C(=O)N1CCc2ccccc21. The summed E-state index contributed by atoms with van der Waals surface area (Å²) < 4.78 is 10.7. The number of ether oxygens (including phenoxy) is 2. The Kier molecular flexibility index (Phi) is 5.03. The Labute approximate surface area is 147 Å². The minimum Gasteiger partial charge on any atom is -0.482 e. The van der Waals surface area contributed by atoms with E-state index in [1.807, 2.05) is 49.4 Å². The Hall–Kier alpha value is -2.82. The quantitative estimate of drug-likeness (QED) is 0.786. The summed E-state index contributed by atoms with van der Waals surface area (Å²) in [6.45, 7) is 3.88. The maximum Gasteiger partial charge on any atom is 0.344 e. The maximum absolute atomic E-state index is 12.6. The summed E-state index contributed by atoms with van der Waals surface area (Å²) in [6, 6.07) is 15.2. The lowest BCUT2D eigenvalue weighted by Gasteiger charge is -2.21. The van der Waals surface area contributed by atoms with E-state index < -0.39 is 12.1 Å². The number of carbonyl (C=O) groups is 2. The number of hydrogen-bond donors (Lipinski definition) is 0. The van der Waals surface area contributed by atoms with Gasteiger partial charge in [0, 0.05) is 12.2 Å². The molecule has 130 valence electrons. The van der Waals surface area contributed by atoms with Crippen molar-refractivity contribution in [2.75, 3.05) is 18.1 Å². The predicted molar refractivity (Wildman–Crippen MR) is 94.7 cm³/mol. The number of esters is 1. The maximum atomic E-state index is 12.6. The summed E-state index contributed by atoms with van der Waals surface area (Å²) in [5, 5.41) is 0. The second-order valence-electron chi connectivity index (χ2n) is 6.05. The molecule has 0 saturated carbocycles. The van der Waals surface area contributed by atoms with Gasteiger partial charge in [-0.05, 0) is 43.5 Å². The number of rotatable bonds is 5. The van der Waals surface area contributed by atoms with Gasteiger partial charge in [-0.1, -0.05) is 36.4 Å². The van der Waals surface area contributed by atoms with E-state index in [0.29, 0.717) is 12.3 Å². The van der Waals surface area contributed by atoms with Crippen molar-refractivity contribution < 1.29 is 19.1 Å². The molecule has 1 amide bonds. The fourth-order valence-corrected chi connectivity index (χ4v) is 2.92. The zero-order valence-electron chi connectivity index (χ0n) is 14.4. The molecule has 0 N–H and O–H groups in total. The number of para-hydroxylation sites is 2. The van der Waals surface area contributed by atoms with Crippen molar-refractivity contribution in [3.63, 3.8) is 0 Å². The van der Waals surface area contributed by atoms with Crippen molar-refractivity contribution in [3.8, 4) is 5.75 Å². The van der Waals surface area contributed by atoms with Gasteiger partial charge in [-0.25, -0.2) is 4.79 Å². The normalized spacial score (nSPS) is 13.9. The molecular weight excluding hydrogens is 318 g/mol. The van der Waals surface area contributed by atoms with Crippen molar-refractivity contribution >= 4 is 17.6 Å². The lowest BCUT2D eigenvalue weighted by atomic mass is 10.2. The second kappa shape index (κ2) is 7.38. The highest BCUT2D eigenvalue weighted by atomic mass is 16.6. The predicted octanol–water partition coefficient (Wildman–Crippen LogP) is 2.89. The molecule has 0 bridgehead atoms. The molecule has 0 aliphatic carbocycles. The first-order valence-electron chi connectivity index (χ1n) is 8.33. The van der Waals surface area contributed by atoms with Crippen LogP contribution in [0.5, 0.6) is 5.75 Å². The third kappa shape index (κ3) is 3.82. The van der Waals surface area contributed by atoms with E-state index in [2.05, 4.69) is 0 Å². The molecule has 0 fully saturated rings. The van der Waals surface area contributed by atoms with Gasteiger partial charge in [-0.2, -0.15) is 0 Å². The first-order chi connectivity index (χ1) is 12.1. The fraction of sp³-hybridized carbons (Fsp3) is 0.300. The zero-order valence-corrected chi connectivity index (χ0v) is 14.4. The van der Waals surface area contributed by atoms with Gasteiger partial charge >= 0.3 is 5.97 Å². The van der Waals surface area contributed by atoms with E-state index in [4.69, 9.17) is 9.47 Å². The van der Waals surface area contributed by atoms with E-state index in [1.165, 1.54) is 0 Å². The topological polar surface area (TPSA) is 55.8 Å². The minimum atomic E-state index is -0.848. The van der Waals surface area contributed by atoms with Crippen molar-refractivity contribution in [1.29, 1.82) is 0 Å². The van der Waals surface area contributed by atoms with Crippen LogP contribution >= 0.6 is 0 Å². The molecule has 5 nitrogen and oxygen atoms in total. The lowest BCUT2D eigenvalue weighted by molar-refractivity contribution is -0.155. The summed E-state index contributed by atoms with van der Waals surface area (Å²) in [5.74, 6) is -0.141. The van der Waals surface area contributed by atoms with Crippen LogP contribution in [-0.2, 0) is 20.7 Å². The third-order valence-electron chi connectivity index (χ3n) is 4.25. The molecule has 1 heterocycles. The first-order valence-corrected chi connectivity index (χ1v) is 8.33. The minimum absolute atomic E-state index is 0.214. The highest BCUT2D eigenvalue weighted by Gasteiger charge is 2.29. The van der Waals surface area contributed by atoms with Gasteiger partial charge in [-0.3, -0.25) is 4.79 Å². The van der Waals surface area contributed by atoms with E-state index in [9.17, 15) is 9.59 Å². The Morgan fingerprint density at radius 2 is 1.84 bits per heavy atom. The third-order valence-corrected chi connectivity index (χ3v) is 4.25. The molecular formula is C20H21NO4. The van der Waals surface area contributed by atoms with E-state index in [0.717, 1.165) is 23.2 Å². The molecule has 1 atom stereocenters. The van der Waals surface area contributed by atoms with E-state index in [1.54, 1.807) is 17.9 Å². The Morgan fingerprint density at radius 3 is 2.64 bits per heavy atom. The van der Waals surface area contributed by atoms with Gasteiger partial charge in [0.25, 0.3) is 5.91 Å². The molecule has 0 saturated heterocycles. The number of fused-ring (bicyclic) bond motifs is 1. The first kappa shape index (κ1) is 17.0. The van der Waals surface area contributed by atoms with Crippen LogP contribution in [0.1, 0.15) is 18.1 Å². The molecule has 0 aromatic heterocycles. The molecule has 2 aromatic rings. The molecule has 2 aromatic carbocycles. The van der Waals surface area contributed by atoms with Crippen LogP contribution in [0.2, 0.25) is 0 Å². The van der Waals surface area contributed by atoms with Crippen LogP contribution in [0.3, 0.4) is 0 Å². The van der Waals surface area contributed by atoms with Gasteiger partial charge in [-0.15, -0.1) is 0 Å². The molecule has 0 spiro atoms. The van der Waals surface area contributed by atoms with Gasteiger partial charge in [0.15, 0.2) is 12.7 Å². The molecule has 0 unspecified atom stereocenters. The number of carbonyl (C=O) groups excluding carboxylic acids is 2. The smallest absolute Gasteiger partial charge is 0.344 e. The largest absolute Gasteiger partial charge is 0.482 e. The van der Waals surface area contributed by atoms with Crippen LogP contribution in [-0.4, -0.2) is 31.1 Å². The molecule has 1 aliphatic rings. The number of hydrogen-bond acceptors (Lipinski definition) is 4. The van der Waals surface area contributed by atoms with Crippen molar-refractivity contribution in [1.82, 2.24) is 0 Å². The number of amides is 1. The van der Waals surface area contributed by atoms with Gasteiger partial charge in [0.2, 0.25) is 0 Å². The van der Waals surface area contributed by atoms with Crippen molar-refractivity contribution in [3.05, 3.63) is 59.7 Å². The average molecular weight is 339 g/mol. The second-order valence-corrected chi connectivity index (χ2v) is 6.05. The van der Waals surface area contributed by atoms with Crippen molar-refractivity contribution in [2.24, 2.45) is 0 Å². The summed E-state index contributed by atoms with van der Waals surface area (Å²) >= 11 is 0. The summed E-state index contributed by atoms with van der Waals surface area (Å²) in [5.41, 5.74) is 2.97. The average Bonchev–Trinajstić information content (AvgIpc) is 3.04. The lowest BCUT2D eigenvalue weighted by Crippen LogP contribution is -2.39. The zero-order chi connectivity index (χ0) is 17.8. The molecule has 3 rings (SSSR count). The van der Waals surface area contributed by atoms with Crippen LogP contribution in [0, 0.1) is 6.92 Å². The number of benzene rings is 2. The Morgan fingerprint density at radius 1 is 1.12 bits per heavy atom. The Balaban J connectivity index is 1.55. The standard InChI is InChI=1S/C20H21NO4/c1-14-7-3-6-10-18(14)24-13-19(22)25-15(2)20(23)21-12-11-16-8-4-5-9-17(16)21/h3-10,15H,11-13H2,1-2H3/t15-/m0/s1. The van der Waals surface area contributed by atoms with Crippen molar-refractivity contribution in [2.45, 2.75) is 26.4 Å². The highest BCUT2D eigenvalue weighted by Crippen LogP contribution is 2.28. The number of aryl methyl sites for hydroxylation is 1. The van der Waals surface area contributed by atoms with E-state index in [-0.39, 0.29) is 12.5 Å². The van der Waals surface area contributed by atoms with Gasteiger partial charge in [0.1, 0.15) is 5.75 Å². The van der Waals surface area contributed by atoms with Crippen LogP contribution in [0.15, 0.2) is 48.5 Å². The van der Waals surface area contributed by atoms with Gasteiger partial charge < -0.3 is 14.4 Å². The molecule has 25 heavy (non-hydrogen) atoms. The molecule has 1 aliphatic heterocycles. The van der Waals surface area contributed by atoms with Crippen LogP contribution in [0.25, 0.3) is 0 Å².